The highest BCUT2D eigenvalue weighted by Crippen LogP contribution is 2.48. The lowest BCUT2D eigenvalue weighted by atomic mass is 10.2. The molecule has 1 saturated heterocycles. The fraction of sp³-hybridized carbons (Fsp3) is 0.903. The maximum atomic E-state index is 13.5. The molecule has 1 aliphatic heterocycles. The molecule has 0 amide bonds. The standard InChI is InChI=1S/C31H61N4O9P/c1-12-40-45(39,41-13-2)25-35-20-18-33(23-27(37)43-30(6,7)8)16-14-32(22-26(36)42-29(3,4)5)15-17-34(19-21-35)24-28(38)44-31(9,10)11/h12-25H2,1-11H3. The van der Waals surface area contributed by atoms with Crippen molar-refractivity contribution in [1.29, 1.82) is 0 Å². The molecular formula is C31H61N4O9P. The van der Waals surface area contributed by atoms with Gasteiger partial charge in [-0.2, -0.15) is 0 Å². The summed E-state index contributed by atoms with van der Waals surface area (Å²) in [4.78, 5) is 46.4. The van der Waals surface area contributed by atoms with E-state index in [0.29, 0.717) is 52.4 Å². The molecule has 13 nitrogen and oxygen atoms in total. The minimum atomic E-state index is -3.41. The van der Waals surface area contributed by atoms with E-state index in [1.54, 1.807) is 13.8 Å². The Kier molecular flexibility index (Phi) is 17.2. The molecule has 0 aromatic heterocycles. The smallest absolute Gasteiger partial charge is 0.344 e. The van der Waals surface area contributed by atoms with Crippen LogP contribution in [0, 0.1) is 0 Å². The van der Waals surface area contributed by atoms with Gasteiger partial charge < -0.3 is 23.3 Å². The molecule has 1 aliphatic rings. The summed E-state index contributed by atoms with van der Waals surface area (Å²) in [5.74, 6) is -1.05. The lowest BCUT2D eigenvalue weighted by Gasteiger charge is -2.35. The third-order valence-corrected chi connectivity index (χ3v) is 8.32. The average Bonchev–Trinajstić information content (AvgIpc) is 2.82. The van der Waals surface area contributed by atoms with Crippen LogP contribution in [0.15, 0.2) is 0 Å². The Bertz CT molecular complexity index is 920. The van der Waals surface area contributed by atoms with Gasteiger partial charge in [0.05, 0.1) is 32.8 Å². The molecule has 0 radical (unpaired) electrons. The average molecular weight is 665 g/mol. The van der Waals surface area contributed by atoms with Gasteiger partial charge in [-0.1, -0.05) is 0 Å². The van der Waals surface area contributed by atoms with Gasteiger partial charge in [-0.15, -0.1) is 0 Å². The van der Waals surface area contributed by atoms with Gasteiger partial charge in [0.1, 0.15) is 23.1 Å². The predicted molar refractivity (Wildman–Crippen MR) is 174 cm³/mol. The summed E-state index contributed by atoms with van der Waals surface area (Å²) in [6, 6.07) is 0. The first-order chi connectivity index (χ1) is 20.6. The molecule has 1 heterocycles. The van der Waals surface area contributed by atoms with E-state index in [1.807, 2.05) is 81.9 Å². The molecule has 14 heteroatoms. The summed E-state index contributed by atoms with van der Waals surface area (Å²) in [5, 5.41) is 0. The highest BCUT2D eigenvalue weighted by atomic mass is 31.2. The van der Waals surface area contributed by atoms with E-state index >= 15 is 0 Å². The van der Waals surface area contributed by atoms with Crippen LogP contribution in [0.5, 0.6) is 0 Å². The monoisotopic (exact) mass is 664 g/mol. The van der Waals surface area contributed by atoms with Gasteiger partial charge in [0.15, 0.2) is 0 Å². The second-order valence-corrected chi connectivity index (χ2v) is 16.3. The highest BCUT2D eigenvalue weighted by Gasteiger charge is 2.30. The van der Waals surface area contributed by atoms with Crippen molar-refractivity contribution in [3.8, 4) is 0 Å². The van der Waals surface area contributed by atoms with Crippen LogP contribution in [0.1, 0.15) is 76.2 Å². The third kappa shape index (κ3) is 20.3. The number of carbonyl (C=O) groups excluding carboxylic acids is 3. The Morgan fingerprint density at radius 3 is 0.978 bits per heavy atom. The molecule has 45 heavy (non-hydrogen) atoms. The fourth-order valence-corrected chi connectivity index (χ4v) is 6.42. The zero-order valence-electron chi connectivity index (χ0n) is 29.8. The van der Waals surface area contributed by atoms with Crippen molar-refractivity contribution in [2.75, 3.05) is 91.5 Å². The number of rotatable bonds is 12. The second kappa shape index (κ2) is 18.7. The Morgan fingerprint density at radius 1 is 0.511 bits per heavy atom. The minimum absolute atomic E-state index is 0.0603. The minimum Gasteiger partial charge on any atom is -0.459 e. The summed E-state index contributed by atoms with van der Waals surface area (Å²) in [6.45, 7) is 24.4. The summed E-state index contributed by atoms with van der Waals surface area (Å²) in [5.41, 5.74) is -1.88. The van der Waals surface area contributed by atoms with Crippen molar-refractivity contribution in [3.05, 3.63) is 0 Å². The number of esters is 3. The van der Waals surface area contributed by atoms with Crippen LogP contribution >= 0.6 is 7.60 Å². The van der Waals surface area contributed by atoms with Gasteiger partial charge >= 0.3 is 25.5 Å². The van der Waals surface area contributed by atoms with Crippen molar-refractivity contribution in [2.24, 2.45) is 0 Å². The van der Waals surface area contributed by atoms with Crippen molar-refractivity contribution < 1.29 is 42.2 Å². The molecule has 0 unspecified atom stereocenters. The molecular weight excluding hydrogens is 603 g/mol. The Hall–Kier alpha value is -1.60. The van der Waals surface area contributed by atoms with Crippen LogP contribution in [0.3, 0.4) is 0 Å². The topological polar surface area (TPSA) is 127 Å². The zero-order valence-corrected chi connectivity index (χ0v) is 30.7. The van der Waals surface area contributed by atoms with Gasteiger partial charge in [-0.05, 0) is 76.2 Å². The van der Waals surface area contributed by atoms with E-state index in [2.05, 4.69) is 0 Å². The van der Waals surface area contributed by atoms with E-state index in [4.69, 9.17) is 23.3 Å². The Labute approximate surface area is 271 Å². The van der Waals surface area contributed by atoms with Gasteiger partial charge in [0.25, 0.3) is 0 Å². The van der Waals surface area contributed by atoms with Crippen LogP contribution < -0.4 is 0 Å². The molecule has 264 valence electrons. The molecule has 0 bridgehead atoms. The van der Waals surface area contributed by atoms with Crippen molar-refractivity contribution >= 4 is 25.5 Å². The van der Waals surface area contributed by atoms with Crippen molar-refractivity contribution in [3.63, 3.8) is 0 Å². The third-order valence-electron chi connectivity index (χ3n) is 6.27. The highest BCUT2D eigenvalue weighted by molar-refractivity contribution is 7.53. The largest absolute Gasteiger partial charge is 0.459 e. The summed E-state index contributed by atoms with van der Waals surface area (Å²) in [6.07, 6.45) is 0.0694. The predicted octanol–water partition coefficient (Wildman–Crippen LogP) is 3.46. The maximum absolute atomic E-state index is 13.5. The summed E-state index contributed by atoms with van der Waals surface area (Å²) < 4.78 is 41.5. The normalized spacial score (nSPS) is 18.1. The van der Waals surface area contributed by atoms with Crippen LogP contribution in [-0.4, -0.2) is 146 Å². The molecule has 0 atom stereocenters. The molecule has 1 fully saturated rings. The molecule has 0 saturated carbocycles. The quantitative estimate of drug-likeness (QED) is 0.172. The molecule has 0 aromatic rings. The van der Waals surface area contributed by atoms with Gasteiger partial charge in [-0.25, -0.2) is 0 Å². The number of nitrogens with zero attached hydrogens (tertiary/aromatic N) is 4. The summed E-state index contributed by atoms with van der Waals surface area (Å²) >= 11 is 0. The van der Waals surface area contributed by atoms with E-state index in [1.165, 1.54) is 0 Å². The van der Waals surface area contributed by atoms with Crippen molar-refractivity contribution in [2.45, 2.75) is 93.0 Å². The first kappa shape index (κ1) is 41.4. The molecule has 0 spiro atoms. The van der Waals surface area contributed by atoms with E-state index < -0.39 is 24.4 Å². The molecule has 0 N–H and O–H groups in total. The second-order valence-electron chi connectivity index (χ2n) is 14.3. The van der Waals surface area contributed by atoms with Crippen LogP contribution in [0.4, 0.5) is 0 Å². The number of hydrogen-bond acceptors (Lipinski definition) is 13. The molecule has 0 aliphatic carbocycles. The number of carbonyl (C=O) groups is 3. The van der Waals surface area contributed by atoms with E-state index in [-0.39, 0.29) is 57.0 Å². The molecule has 0 aromatic carbocycles. The van der Waals surface area contributed by atoms with Crippen LogP contribution in [-0.2, 0) is 42.2 Å². The first-order valence-corrected chi connectivity index (χ1v) is 17.8. The van der Waals surface area contributed by atoms with Gasteiger partial charge in [0, 0.05) is 52.4 Å². The van der Waals surface area contributed by atoms with Gasteiger partial charge in [0.2, 0.25) is 0 Å². The Balaban J connectivity index is 3.31. The van der Waals surface area contributed by atoms with Crippen LogP contribution in [0.25, 0.3) is 0 Å². The lowest BCUT2D eigenvalue weighted by molar-refractivity contribution is -0.158. The van der Waals surface area contributed by atoms with E-state index in [0.717, 1.165) is 0 Å². The number of hydrogen-bond donors (Lipinski definition) is 0. The lowest BCUT2D eigenvalue weighted by Crippen LogP contribution is -2.49. The summed E-state index contributed by atoms with van der Waals surface area (Å²) in [7, 11) is -3.41. The fourth-order valence-electron chi connectivity index (χ4n) is 4.62. The first-order valence-electron chi connectivity index (χ1n) is 16.0. The maximum Gasteiger partial charge on any atom is 0.344 e. The van der Waals surface area contributed by atoms with Gasteiger partial charge in [-0.3, -0.25) is 38.5 Å². The number of ether oxygens (including phenoxy) is 3. The SMILES string of the molecule is CCOP(=O)(CN1CCN(CC(=O)OC(C)(C)C)CCN(CC(=O)OC(C)(C)C)CCN(CC(=O)OC(C)(C)C)CC1)OCC. The van der Waals surface area contributed by atoms with Crippen molar-refractivity contribution in [1.82, 2.24) is 19.6 Å². The van der Waals surface area contributed by atoms with E-state index in [9.17, 15) is 18.9 Å². The molecule has 1 rings (SSSR count). The van der Waals surface area contributed by atoms with Crippen LogP contribution in [0.2, 0.25) is 0 Å². The Morgan fingerprint density at radius 2 is 0.756 bits per heavy atom. The zero-order chi connectivity index (χ0) is 34.5.